The number of carbonyl (C=O) groups excluding carboxylic acids is 1. The molecule has 2 aromatic heterocycles. The number of benzene rings is 1. The van der Waals surface area contributed by atoms with Gasteiger partial charge in [-0.2, -0.15) is 0 Å². The molecule has 0 bridgehead atoms. The molecule has 1 aliphatic heterocycles. The van der Waals surface area contributed by atoms with Crippen LogP contribution in [0.3, 0.4) is 0 Å². The minimum Gasteiger partial charge on any atom is -0.463 e. The highest BCUT2D eigenvalue weighted by Gasteiger charge is 2.25. The SMILES string of the molecule is CCCCc1cc2c(=O)c(-c3csc(C)n3)coc2cc1OC(=O)C1CCCN1. The van der Waals surface area contributed by atoms with Crippen molar-refractivity contribution in [2.45, 2.75) is 52.0 Å². The molecule has 1 aliphatic rings. The lowest BCUT2D eigenvalue weighted by molar-refractivity contribution is -0.136. The van der Waals surface area contributed by atoms with Gasteiger partial charge in [0.25, 0.3) is 0 Å². The van der Waals surface area contributed by atoms with E-state index < -0.39 is 0 Å². The normalized spacial score (nSPS) is 16.4. The van der Waals surface area contributed by atoms with Crippen molar-refractivity contribution in [3.8, 4) is 17.0 Å². The first-order valence-corrected chi connectivity index (χ1v) is 10.9. The maximum atomic E-state index is 13.1. The number of esters is 1. The molecule has 0 radical (unpaired) electrons. The van der Waals surface area contributed by atoms with Crippen LogP contribution in [0.25, 0.3) is 22.2 Å². The fourth-order valence-corrected chi connectivity index (χ4v) is 4.20. The van der Waals surface area contributed by atoms with E-state index in [0.29, 0.717) is 28.0 Å². The van der Waals surface area contributed by atoms with Gasteiger partial charge < -0.3 is 14.5 Å². The van der Waals surface area contributed by atoms with Crippen LogP contribution < -0.4 is 15.5 Å². The van der Waals surface area contributed by atoms with E-state index in [1.54, 1.807) is 6.07 Å². The van der Waals surface area contributed by atoms with Crippen molar-refractivity contribution in [2.75, 3.05) is 6.54 Å². The molecule has 0 amide bonds. The Hall–Kier alpha value is -2.51. The van der Waals surface area contributed by atoms with Crippen molar-refractivity contribution >= 4 is 28.3 Å². The monoisotopic (exact) mass is 412 g/mol. The second kappa shape index (κ2) is 8.47. The Balaban J connectivity index is 1.75. The topological polar surface area (TPSA) is 81.4 Å². The first kappa shape index (κ1) is 19.8. The molecular weight excluding hydrogens is 388 g/mol. The fraction of sp³-hybridized carbons (Fsp3) is 0.409. The Morgan fingerprint density at radius 3 is 2.97 bits per heavy atom. The molecule has 0 spiro atoms. The van der Waals surface area contributed by atoms with E-state index in [9.17, 15) is 9.59 Å². The molecule has 3 aromatic rings. The van der Waals surface area contributed by atoms with E-state index in [1.165, 1.54) is 17.6 Å². The Bertz CT molecular complexity index is 1100. The number of nitrogens with zero attached hydrogens (tertiary/aromatic N) is 1. The smallest absolute Gasteiger partial charge is 0.328 e. The first-order valence-electron chi connectivity index (χ1n) is 10.0. The van der Waals surface area contributed by atoms with Gasteiger partial charge in [-0.3, -0.25) is 4.79 Å². The average Bonchev–Trinajstić information content (AvgIpc) is 3.39. The number of carbonyl (C=O) groups is 1. The summed E-state index contributed by atoms with van der Waals surface area (Å²) in [6.07, 6.45) is 5.86. The van der Waals surface area contributed by atoms with E-state index in [2.05, 4.69) is 17.2 Å². The van der Waals surface area contributed by atoms with E-state index in [4.69, 9.17) is 9.15 Å². The molecule has 1 N–H and O–H groups in total. The summed E-state index contributed by atoms with van der Waals surface area (Å²) < 4.78 is 11.5. The average molecular weight is 413 g/mol. The third-order valence-electron chi connectivity index (χ3n) is 5.21. The largest absolute Gasteiger partial charge is 0.463 e. The van der Waals surface area contributed by atoms with Crippen LogP contribution in [-0.2, 0) is 11.2 Å². The van der Waals surface area contributed by atoms with Crippen molar-refractivity contribution in [3.63, 3.8) is 0 Å². The lowest BCUT2D eigenvalue weighted by Crippen LogP contribution is -2.34. The van der Waals surface area contributed by atoms with E-state index in [0.717, 1.165) is 49.2 Å². The highest BCUT2D eigenvalue weighted by atomic mass is 32.1. The van der Waals surface area contributed by atoms with Crippen LogP contribution in [0.5, 0.6) is 5.75 Å². The minimum atomic E-state index is -0.281. The molecule has 1 fully saturated rings. The quantitative estimate of drug-likeness (QED) is 0.482. The van der Waals surface area contributed by atoms with Gasteiger partial charge in [-0.25, -0.2) is 9.78 Å². The second-order valence-corrected chi connectivity index (χ2v) is 8.42. The summed E-state index contributed by atoms with van der Waals surface area (Å²) in [7, 11) is 0. The molecule has 1 aromatic carbocycles. The highest BCUT2D eigenvalue weighted by molar-refractivity contribution is 7.09. The van der Waals surface area contributed by atoms with Gasteiger partial charge in [0, 0.05) is 11.4 Å². The molecule has 29 heavy (non-hydrogen) atoms. The summed E-state index contributed by atoms with van der Waals surface area (Å²) in [5.74, 6) is 0.196. The lowest BCUT2D eigenvalue weighted by atomic mass is 10.0. The molecule has 7 heteroatoms. The summed E-state index contributed by atoms with van der Waals surface area (Å²) >= 11 is 1.49. The van der Waals surface area contributed by atoms with Crippen LogP contribution in [0.15, 0.2) is 33.0 Å². The number of nitrogens with one attached hydrogen (secondary N) is 1. The third-order valence-corrected chi connectivity index (χ3v) is 5.98. The molecule has 0 aliphatic carbocycles. The van der Waals surface area contributed by atoms with Crippen LogP contribution >= 0.6 is 11.3 Å². The van der Waals surface area contributed by atoms with Crippen LogP contribution in [0.4, 0.5) is 0 Å². The molecule has 3 heterocycles. The first-order chi connectivity index (χ1) is 14.1. The fourth-order valence-electron chi connectivity index (χ4n) is 3.59. The highest BCUT2D eigenvalue weighted by Crippen LogP contribution is 2.29. The molecular formula is C22H24N2O4S. The van der Waals surface area contributed by atoms with Crippen LogP contribution in [0, 0.1) is 6.92 Å². The third kappa shape index (κ3) is 4.11. The van der Waals surface area contributed by atoms with Crippen molar-refractivity contribution in [2.24, 2.45) is 0 Å². The molecule has 6 nitrogen and oxygen atoms in total. The Morgan fingerprint density at radius 2 is 2.28 bits per heavy atom. The van der Waals surface area contributed by atoms with Gasteiger partial charge in [-0.1, -0.05) is 13.3 Å². The zero-order valence-electron chi connectivity index (χ0n) is 16.6. The number of fused-ring (bicyclic) bond motifs is 1. The van der Waals surface area contributed by atoms with Gasteiger partial charge in [0.05, 0.1) is 21.7 Å². The number of rotatable bonds is 6. The predicted octanol–water partition coefficient (Wildman–Crippen LogP) is 4.22. The molecule has 0 saturated carbocycles. The van der Waals surface area contributed by atoms with E-state index >= 15 is 0 Å². The second-order valence-electron chi connectivity index (χ2n) is 7.36. The molecule has 4 rings (SSSR count). The standard InChI is InChI=1S/C22H24N2O4S/c1-3-4-6-14-9-15-20(10-19(14)28-22(26)17-7-5-8-23-17)27-11-16(21(15)25)18-12-29-13(2)24-18/h9-12,17,23H,3-8H2,1-2H3. The van der Waals surface area contributed by atoms with Gasteiger partial charge in [0.2, 0.25) is 5.43 Å². The zero-order chi connectivity index (χ0) is 20.4. The van der Waals surface area contributed by atoms with Gasteiger partial charge in [-0.15, -0.1) is 11.3 Å². The predicted molar refractivity (Wildman–Crippen MR) is 114 cm³/mol. The zero-order valence-corrected chi connectivity index (χ0v) is 17.4. The number of thiazole rings is 1. The maximum Gasteiger partial charge on any atom is 0.328 e. The Morgan fingerprint density at radius 1 is 1.41 bits per heavy atom. The number of aromatic nitrogens is 1. The van der Waals surface area contributed by atoms with Gasteiger partial charge in [0.15, 0.2) is 0 Å². The number of unbranched alkanes of at least 4 members (excludes halogenated alkanes) is 1. The van der Waals surface area contributed by atoms with Crippen molar-refractivity contribution in [3.05, 3.63) is 44.6 Å². The minimum absolute atomic E-state index is 0.121. The molecule has 1 unspecified atom stereocenters. The Kier molecular flexibility index (Phi) is 5.78. The summed E-state index contributed by atoms with van der Waals surface area (Å²) in [6.45, 7) is 4.83. The number of hydrogen-bond donors (Lipinski definition) is 1. The van der Waals surface area contributed by atoms with Crippen molar-refractivity contribution < 1.29 is 13.9 Å². The van der Waals surface area contributed by atoms with E-state index in [1.807, 2.05) is 18.4 Å². The van der Waals surface area contributed by atoms with Crippen molar-refractivity contribution in [1.82, 2.24) is 10.3 Å². The number of hydrogen-bond acceptors (Lipinski definition) is 7. The summed E-state index contributed by atoms with van der Waals surface area (Å²) in [6, 6.07) is 3.21. The number of aryl methyl sites for hydroxylation is 2. The summed E-state index contributed by atoms with van der Waals surface area (Å²) in [5, 5.41) is 6.40. The molecule has 1 atom stereocenters. The van der Waals surface area contributed by atoms with Crippen LogP contribution in [0.2, 0.25) is 0 Å². The van der Waals surface area contributed by atoms with Crippen LogP contribution in [-0.4, -0.2) is 23.5 Å². The number of ether oxygens (including phenoxy) is 1. The van der Waals surface area contributed by atoms with Crippen LogP contribution in [0.1, 0.15) is 43.2 Å². The maximum absolute atomic E-state index is 13.1. The van der Waals surface area contributed by atoms with Gasteiger partial charge in [-0.05, 0) is 50.8 Å². The Labute approximate surface area is 172 Å². The van der Waals surface area contributed by atoms with Gasteiger partial charge in [0.1, 0.15) is 23.6 Å². The summed E-state index contributed by atoms with van der Waals surface area (Å²) in [4.78, 5) is 30.0. The van der Waals surface area contributed by atoms with Crippen molar-refractivity contribution in [1.29, 1.82) is 0 Å². The van der Waals surface area contributed by atoms with E-state index in [-0.39, 0.29) is 17.4 Å². The molecule has 1 saturated heterocycles. The molecule has 152 valence electrons. The summed E-state index contributed by atoms with van der Waals surface area (Å²) in [5.41, 5.74) is 2.21. The lowest BCUT2D eigenvalue weighted by Gasteiger charge is -2.14. The van der Waals surface area contributed by atoms with Gasteiger partial charge >= 0.3 is 5.97 Å².